The molecule has 0 aromatic carbocycles. The van der Waals surface area contributed by atoms with E-state index in [1.165, 1.54) is 0 Å². The molecule has 1 rings (SSSR count). The Morgan fingerprint density at radius 3 is 2.81 bits per heavy atom. The topological polar surface area (TPSA) is 42.2 Å². The number of aromatic nitrogens is 1. The minimum absolute atomic E-state index is 0.406. The highest BCUT2D eigenvalue weighted by Gasteiger charge is 2.14. The van der Waals surface area contributed by atoms with Gasteiger partial charge < -0.3 is 10.6 Å². The summed E-state index contributed by atoms with van der Waals surface area (Å²) in [4.78, 5) is 6.45. The molecule has 0 bridgehead atoms. The Labute approximate surface area is 106 Å². The van der Waals surface area contributed by atoms with Gasteiger partial charge in [-0.05, 0) is 24.8 Å². The first-order chi connectivity index (χ1) is 7.60. The molecule has 0 aliphatic rings. The molecule has 1 atom stereocenters. The first-order valence-corrected chi connectivity index (χ1v) is 6.93. The van der Waals surface area contributed by atoms with Gasteiger partial charge in [-0.25, -0.2) is 4.98 Å². The second-order valence-electron chi connectivity index (χ2n) is 3.77. The van der Waals surface area contributed by atoms with Crippen LogP contribution in [0.5, 0.6) is 0 Å². The van der Waals surface area contributed by atoms with Crippen molar-refractivity contribution < 1.29 is 0 Å². The first-order valence-electron chi connectivity index (χ1n) is 5.16. The third-order valence-corrected chi connectivity index (χ3v) is 3.61. The van der Waals surface area contributed by atoms with Gasteiger partial charge in [0.2, 0.25) is 0 Å². The summed E-state index contributed by atoms with van der Waals surface area (Å²) in [5, 5.41) is 0.665. The minimum Gasteiger partial charge on any atom is -0.355 e. The number of halogens is 1. The predicted octanol–water partition coefficient (Wildman–Crippen LogP) is 2.38. The average Bonchev–Trinajstić information content (AvgIpc) is 2.28. The summed E-state index contributed by atoms with van der Waals surface area (Å²) in [7, 11) is 2.01. The van der Waals surface area contributed by atoms with E-state index in [0.717, 1.165) is 17.1 Å². The molecule has 0 saturated heterocycles. The second-order valence-corrected chi connectivity index (χ2v) is 5.09. The number of nitrogens with zero attached hydrogens (tertiary/aromatic N) is 2. The molecule has 0 radical (unpaired) electrons. The molecule has 1 unspecified atom stereocenters. The van der Waals surface area contributed by atoms with Crippen LogP contribution < -0.4 is 10.6 Å². The number of nitrogens with two attached hydrogens (primary N) is 1. The second kappa shape index (κ2) is 6.33. The van der Waals surface area contributed by atoms with Crippen molar-refractivity contribution in [3.8, 4) is 0 Å². The molecule has 0 fully saturated rings. The zero-order chi connectivity index (χ0) is 12.1. The molecule has 1 aromatic heterocycles. The molecular formula is C11H18ClN3S. The Morgan fingerprint density at radius 1 is 1.62 bits per heavy atom. The van der Waals surface area contributed by atoms with Gasteiger partial charge in [0.05, 0.1) is 5.02 Å². The van der Waals surface area contributed by atoms with Gasteiger partial charge in [-0.2, -0.15) is 11.8 Å². The van der Waals surface area contributed by atoms with Crippen molar-refractivity contribution in [1.29, 1.82) is 0 Å². The lowest BCUT2D eigenvalue weighted by atomic mass is 10.2. The van der Waals surface area contributed by atoms with Crippen molar-refractivity contribution in [3.63, 3.8) is 0 Å². The van der Waals surface area contributed by atoms with E-state index in [0.29, 0.717) is 17.6 Å². The Bertz CT molecular complexity index is 346. The van der Waals surface area contributed by atoms with Gasteiger partial charge in [0.1, 0.15) is 5.82 Å². The molecule has 1 heterocycles. The number of rotatable bonds is 5. The zero-order valence-electron chi connectivity index (χ0n) is 9.90. The highest BCUT2D eigenvalue weighted by Crippen LogP contribution is 2.25. The van der Waals surface area contributed by atoms with Crippen molar-refractivity contribution in [3.05, 3.63) is 22.8 Å². The van der Waals surface area contributed by atoms with Crippen LogP contribution in [0.2, 0.25) is 5.02 Å². The van der Waals surface area contributed by atoms with Crippen LogP contribution in [0.3, 0.4) is 0 Å². The fourth-order valence-electron chi connectivity index (χ4n) is 1.40. The Hall–Kier alpha value is -0.450. The number of pyridine rings is 1. The van der Waals surface area contributed by atoms with Gasteiger partial charge >= 0.3 is 0 Å². The summed E-state index contributed by atoms with van der Waals surface area (Å²) >= 11 is 7.99. The van der Waals surface area contributed by atoms with Crippen molar-refractivity contribution in [2.24, 2.45) is 5.73 Å². The molecule has 0 amide bonds. The zero-order valence-corrected chi connectivity index (χ0v) is 11.5. The van der Waals surface area contributed by atoms with Gasteiger partial charge in [0.15, 0.2) is 0 Å². The summed E-state index contributed by atoms with van der Waals surface area (Å²) in [6.07, 6.45) is 3.88. The van der Waals surface area contributed by atoms with Crippen molar-refractivity contribution in [2.75, 3.05) is 24.0 Å². The largest absolute Gasteiger partial charge is 0.355 e. The summed E-state index contributed by atoms with van der Waals surface area (Å²) in [5.74, 6) is 1.87. The molecule has 0 aliphatic carbocycles. The minimum atomic E-state index is 0.406. The van der Waals surface area contributed by atoms with E-state index in [9.17, 15) is 0 Å². The van der Waals surface area contributed by atoms with E-state index in [4.69, 9.17) is 17.3 Å². The van der Waals surface area contributed by atoms with Crippen LogP contribution in [-0.2, 0) is 6.54 Å². The molecule has 3 nitrogen and oxygen atoms in total. The van der Waals surface area contributed by atoms with Crippen LogP contribution in [0.15, 0.2) is 12.3 Å². The van der Waals surface area contributed by atoms with E-state index in [2.05, 4.69) is 23.1 Å². The molecule has 5 heteroatoms. The molecule has 90 valence electrons. The molecular weight excluding hydrogens is 242 g/mol. The van der Waals surface area contributed by atoms with Crippen molar-refractivity contribution in [2.45, 2.75) is 19.5 Å². The van der Waals surface area contributed by atoms with E-state index in [1.54, 1.807) is 6.20 Å². The monoisotopic (exact) mass is 259 g/mol. The number of hydrogen-bond donors (Lipinski definition) is 1. The van der Waals surface area contributed by atoms with Crippen LogP contribution >= 0.6 is 23.4 Å². The molecule has 1 aromatic rings. The van der Waals surface area contributed by atoms with Crippen molar-refractivity contribution >= 4 is 29.2 Å². The molecule has 0 spiro atoms. The maximum absolute atomic E-state index is 6.18. The molecule has 16 heavy (non-hydrogen) atoms. The third kappa shape index (κ3) is 3.27. The smallest absolute Gasteiger partial charge is 0.147 e. The lowest BCUT2D eigenvalue weighted by Crippen LogP contribution is -2.31. The summed E-state index contributed by atoms with van der Waals surface area (Å²) in [6, 6.07) is 2.29. The van der Waals surface area contributed by atoms with Gasteiger partial charge in [-0.1, -0.05) is 11.6 Å². The number of hydrogen-bond acceptors (Lipinski definition) is 4. The summed E-state index contributed by atoms with van der Waals surface area (Å²) in [6.45, 7) is 2.63. The first kappa shape index (κ1) is 13.6. The fraction of sp³-hybridized carbons (Fsp3) is 0.545. The fourth-order valence-corrected chi connectivity index (χ4v) is 2.43. The standard InChI is InChI=1S/C11H18ClN3S/c1-8(7-16-3)15(2)11-10(12)4-9(5-13)6-14-11/h4,6,8H,5,7,13H2,1-3H3. The van der Waals surface area contributed by atoms with Crippen LogP contribution in [0.1, 0.15) is 12.5 Å². The normalized spacial score (nSPS) is 12.6. The van der Waals surface area contributed by atoms with Gasteiger partial charge in [0.25, 0.3) is 0 Å². The van der Waals surface area contributed by atoms with E-state index in [1.807, 2.05) is 24.9 Å². The number of thioether (sulfide) groups is 1. The highest BCUT2D eigenvalue weighted by atomic mass is 35.5. The summed E-state index contributed by atoms with van der Waals surface area (Å²) < 4.78 is 0. The maximum atomic E-state index is 6.18. The quantitative estimate of drug-likeness (QED) is 0.882. The Morgan fingerprint density at radius 2 is 2.31 bits per heavy atom. The van der Waals surface area contributed by atoms with Crippen LogP contribution in [0.4, 0.5) is 5.82 Å². The molecule has 0 aliphatic heterocycles. The van der Waals surface area contributed by atoms with Gasteiger partial charge in [-0.15, -0.1) is 0 Å². The predicted molar refractivity (Wildman–Crippen MR) is 73.4 cm³/mol. The van der Waals surface area contributed by atoms with E-state index in [-0.39, 0.29) is 0 Å². The summed E-state index contributed by atoms with van der Waals surface area (Å²) in [5.41, 5.74) is 6.49. The lowest BCUT2D eigenvalue weighted by molar-refractivity contribution is 0.753. The SMILES string of the molecule is CSCC(C)N(C)c1ncc(CN)cc1Cl. The maximum Gasteiger partial charge on any atom is 0.147 e. The average molecular weight is 260 g/mol. The van der Waals surface area contributed by atoms with Crippen LogP contribution in [-0.4, -0.2) is 30.1 Å². The third-order valence-electron chi connectivity index (χ3n) is 2.52. The van der Waals surface area contributed by atoms with E-state index >= 15 is 0 Å². The Kier molecular flexibility index (Phi) is 5.38. The Balaban J connectivity index is 2.87. The van der Waals surface area contributed by atoms with Crippen LogP contribution in [0, 0.1) is 0 Å². The van der Waals surface area contributed by atoms with Crippen LogP contribution in [0.25, 0.3) is 0 Å². The van der Waals surface area contributed by atoms with Gasteiger partial charge in [0, 0.05) is 31.6 Å². The lowest BCUT2D eigenvalue weighted by Gasteiger charge is -2.26. The highest BCUT2D eigenvalue weighted by molar-refractivity contribution is 7.98. The number of anilines is 1. The van der Waals surface area contributed by atoms with Gasteiger partial charge in [-0.3, -0.25) is 0 Å². The van der Waals surface area contributed by atoms with E-state index < -0.39 is 0 Å². The molecule has 0 saturated carbocycles. The van der Waals surface area contributed by atoms with Crippen molar-refractivity contribution in [1.82, 2.24) is 4.98 Å². The molecule has 2 N–H and O–H groups in total.